The maximum Gasteiger partial charge on any atom is 0.410 e. The van der Waals surface area contributed by atoms with Crippen LogP contribution in [0.25, 0.3) is 0 Å². The number of carboxylic acids is 1. The molecule has 1 aromatic heterocycles. The van der Waals surface area contributed by atoms with Gasteiger partial charge in [0.05, 0.1) is 1.37 Å². The van der Waals surface area contributed by atoms with Crippen molar-refractivity contribution in [3.63, 3.8) is 0 Å². The summed E-state index contributed by atoms with van der Waals surface area (Å²) in [5, 5.41) is 23.0. The highest BCUT2D eigenvalue weighted by Gasteiger charge is 2.44. The lowest BCUT2D eigenvalue weighted by molar-refractivity contribution is -0.146. The average Bonchev–Trinajstić information content (AvgIpc) is 3.33. The number of likely N-dealkylation sites (tertiary alicyclic amines) is 1. The third-order valence-corrected chi connectivity index (χ3v) is 5.64. The molecule has 1 aliphatic carbocycles. The summed E-state index contributed by atoms with van der Waals surface area (Å²) in [6, 6.07) is 6.16. The molecule has 1 aliphatic heterocycles. The second-order valence-electron chi connectivity index (χ2n) is 7.62. The van der Waals surface area contributed by atoms with E-state index in [4.69, 9.17) is 11.6 Å². The molecule has 0 spiro atoms. The summed E-state index contributed by atoms with van der Waals surface area (Å²) in [6.45, 7) is -2.61. The van der Waals surface area contributed by atoms with Crippen molar-refractivity contribution in [1.29, 1.82) is 0 Å². The third kappa shape index (κ3) is 4.77. The fourth-order valence-electron chi connectivity index (χ4n) is 4.13. The Balaban J connectivity index is 1.53. The van der Waals surface area contributed by atoms with E-state index in [9.17, 15) is 14.7 Å². The Morgan fingerprint density at radius 1 is 1.30 bits per heavy atom. The Hall–Kier alpha value is -2.97. The van der Waals surface area contributed by atoms with Gasteiger partial charge in [-0.2, -0.15) is 5.21 Å². The maximum atomic E-state index is 13.0. The second-order valence-corrected chi connectivity index (χ2v) is 7.62. The Labute approximate surface area is 181 Å². The number of carbonyl (C=O) groups is 2. The van der Waals surface area contributed by atoms with Gasteiger partial charge in [-0.1, -0.05) is 42.0 Å². The molecule has 2 heterocycles. The molecule has 2 aromatic rings. The Morgan fingerprint density at radius 3 is 2.87 bits per heavy atom. The van der Waals surface area contributed by atoms with Crippen molar-refractivity contribution in [2.24, 2.45) is 17.8 Å². The Bertz CT molecular complexity index is 1060. The molecule has 4 rings (SSSR count). The number of aromatic nitrogens is 4. The van der Waals surface area contributed by atoms with Crippen LogP contribution < -0.4 is 0 Å². The lowest BCUT2D eigenvalue weighted by atomic mass is 9.68. The summed E-state index contributed by atoms with van der Waals surface area (Å²) in [5.41, 5.74) is 0.651. The number of H-pyrrole nitrogens is 1. The van der Waals surface area contributed by atoms with Crippen molar-refractivity contribution in [2.75, 3.05) is 6.50 Å². The number of rotatable bonds is 6. The first-order chi connectivity index (χ1) is 16.4. The van der Waals surface area contributed by atoms with Gasteiger partial charge in [-0.05, 0) is 49.0 Å². The van der Waals surface area contributed by atoms with E-state index in [1.165, 1.54) is 0 Å². The molecule has 160 valence electrons. The van der Waals surface area contributed by atoms with Gasteiger partial charge in [-0.3, -0.25) is 4.90 Å². The summed E-state index contributed by atoms with van der Waals surface area (Å²) in [4.78, 5) is 25.6. The van der Waals surface area contributed by atoms with Crippen molar-refractivity contribution < 1.29 is 26.3 Å². The minimum absolute atomic E-state index is 0.0552. The standard InChI is InChI=1S/C21H27N5O4/c27-20(28)18-11-17-10-14(7-9-19-22-24-25-23-19)6-8-16(17)12-26(18)21(29)30-13-15-4-2-1-3-5-15/h1-5,14,16-18H,6-13H2,(H,27,28)(H,22,23,24,25)/t14-,16+,17-,18+/m1/s1/i9D2,12D2,18D. The van der Waals surface area contributed by atoms with Gasteiger partial charge in [0.15, 0.2) is 5.82 Å². The topological polar surface area (TPSA) is 121 Å². The SMILES string of the molecule is [2H]C([2H])(C[C@H]1CC[C@@H]2[C@H](C1)C[C@@]([2H])(C(=O)O)N(C(=O)OCc1ccccc1)C2([2H])[2H])c1nn[nH]n1. The molecule has 2 aliphatic rings. The van der Waals surface area contributed by atoms with Crippen LogP contribution in [0.2, 0.25) is 0 Å². The molecule has 1 saturated carbocycles. The number of aliphatic carboxylic acids is 1. The zero-order chi connectivity index (χ0) is 25.4. The number of nitrogens with zero attached hydrogens (tertiary/aromatic N) is 4. The highest BCUT2D eigenvalue weighted by atomic mass is 16.6. The number of piperidine rings is 1. The number of benzene rings is 1. The first kappa shape index (κ1) is 14.9. The van der Waals surface area contributed by atoms with Crippen molar-refractivity contribution in [3.8, 4) is 0 Å². The number of nitrogens with one attached hydrogen (secondary N) is 1. The monoisotopic (exact) mass is 418 g/mol. The Morgan fingerprint density at radius 2 is 2.13 bits per heavy atom. The van der Waals surface area contributed by atoms with Crippen molar-refractivity contribution in [3.05, 3.63) is 41.7 Å². The van der Waals surface area contributed by atoms with E-state index in [2.05, 4.69) is 20.6 Å². The van der Waals surface area contributed by atoms with Gasteiger partial charge in [-0.15, -0.1) is 10.2 Å². The average molecular weight is 419 g/mol. The van der Waals surface area contributed by atoms with Gasteiger partial charge in [0, 0.05) is 18.4 Å². The zero-order valence-electron chi connectivity index (χ0n) is 21.3. The molecular formula is C21H27N5O4. The predicted molar refractivity (Wildman–Crippen MR) is 106 cm³/mol. The van der Waals surface area contributed by atoms with Gasteiger partial charge in [0.25, 0.3) is 0 Å². The molecule has 0 bridgehead atoms. The van der Waals surface area contributed by atoms with Crippen molar-refractivity contribution >= 4 is 12.1 Å². The predicted octanol–water partition coefficient (Wildman–Crippen LogP) is 2.66. The number of tetrazole rings is 1. The van der Waals surface area contributed by atoms with Gasteiger partial charge in [-0.25, -0.2) is 9.59 Å². The smallest absolute Gasteiger partial charge is 0.410 e. The summed E-state index contributed by atoms with van der Waals surface area (Å²) in [6.07, 6.45) is -2.18. The van der Waals surface area contributed by atoms with Crippen LogP contribution in [0.4, 0.5) is 4.79 Å². The summed E-state index contributed by atoms with van der Waals surface area (Å²) >= 11 is 0. The van der Waals surface area contributed by atoms with E-state index < -0.39 is 42.8 Å². The van der Waals surface area contributed by atoms with E-state index in [0.29, 0.717) is 29.7 Å². The van der Waals surface area contributed by atoms with Crippen LogP contribution in [0.1, 0.15) is 50.3 Å². The van der Waals surface area contributed by atoms with Gasteiger partial charge in [0.1, 0.15) is 12.6 Å². The number of aryl methyl sites for hydroxylation is 1. The minimum Gasteiger partial charge on any atom is -0.480 e. The number of carboxylic acid groups (broad SMARTS) is 1. The number of fused-ring (bicyclic) bond motifs is 1. The maximum absolute atomic E-state index is 13.0. The molecule has 1 saturated heterocycles. The van der Waals surface area contributed by atoms with Gasteiger partial charge >= 0.3 is 12.1 Å². The number of amides is 1. The first-order valence-corrected chi connectivity index (χ1v) is 9.93. The van der Waals surface area contributed by atoms with Crippen LogP contribution in [0, 0.1) is 17.8 Å². The van der Waals surface area contributed by atoms with Crippen LogP contribution in [0.15, 0.2) is 30.3 Å². The Kier molecular flexibility index (Phi) is 4.59. The van der Waals surface area contributed by atoms with E-state index >= 15 is 0 Å². The molecule has 0 radical (unpaired) electrons. The summed E-state index contributed by atoms with van der Waals surface area (Å²) in [7, 11) is 0. The largest absolute Gasteiger partial charge is 0.480 e. The van der Waals surface area contributed by atoms with Crippen LogP contribution >= 0.6 is 0 Å². The third-order valence-electron chi connectivity index (χ3n) is 5.64. The lowest BCUT2D eigenvalue weighted by Crippen LogP contribution is -2.54. The van der Waals surface area contributed by atoms with Crippen LogP contribution in [-0.4, -0.2) is 55.2 Å². The molecule has 9 heteroatoms. The first-order valence-electron chi connectivity index (χ1n) is 12.4. The van der Waals surface area contributed by atoms with Crippen LogP contribution in [0.5, 0.6) is 0 Å². The fraction of sp³-hybridized carbons (Fsp3) is 0.571. The number of aromatic amines is 1. The molecule has 2 N–H and O–H groups in total. The zero-order valence-corrected chi connectivity index (χ0v) is 16.3. The lowest BCUT2D eigenvalue weighted by Gasteiger charge is -2.45. The number of ether oxygens (including phenoxy) is 1. The number of hydrogen-bond donors (Lipinski definition) is 2. The van der Waals surface area contributed by atoms with E-state index in [0.717, 1.165) is 0 Å². The molecule has 30 heavy (non-hydrogen) atoms. The van der Waals surface area contributed by atoms with E-state index in [1.54, 1.807) is 30.3 Å². The van der Waals surface area contributed by atoms with E-state index in [1.807, 2.05) is 0 Å². The van der Waals surface area contributed by atoms with Gasteiger partial charge in [0.2, 0.25) is 0 Å². The quantitative estimate of drug-likeness (QED) is 0.739. The summed E-state index contributed by atoms with van der Waals surface area (Å²) in [5.74, 6) is -3.16. The molecule has 9 nitrogen and oxygen atoms in total. The van der Waals surface area contributed by atoms with Crippen LogP contribution in [-0.2, 0) is 22.5 Å². The summed E-state index contributed by atoms with van der Waals surface area (Å²) < 4.78 is 48.0. The van der Waals surface area contributed by atoms with E-state index in [-0.39, 0.29) is 31.2 Å². The number of carbonyl (C=O) groups excluding carboxylic acids is 1. The van der Waals surface area contributed by atoms with Crippen molar-refractivity contribution in [2.45, 2.75) is 51.1 Å². The minimum atomic E-state index is -2.56. The molecule has 4 atom stereocenters. The molecule has 1 aromatic carbocycles. The molecular weight excluding hydrogens is 386 g/mol. The molecule has 1 amide bonds. The van der Waals surface area contributed by atoms with Crippen molar-refractivity contribution in [1.82, 2.24) is 25.5 Å². The fourth-order valence-corrected chi connectivity index (χ4v) is 4.13. The van der Waals surface area contributed by atoms with Crippen LogP contribution in [0.3, 0.4) is 0 Å². The molecule has 2 fully saturated rings. The molecule has 0 unspecified atom stereocenters. The highest BCUT2D eigenvalue weighted by Crippen LogP contribution is 2.42. The number of hydrogen-bond acceptors (Lipinski definition) is 6. The normalized spacial score (nSPS) is 33.1. The highest BCUT2D eigenvalue weighted by molar-refractivity contribution is 5.80. The van der Waals surface area contributed by atoms with Gasteiger partial charge < -0.3 is 9.84 Å². The second kappa shape index (κ2) is 9.23.